The molecule has 0 bridgehead atoms. The van der Waals surface area contributed by atoms with Gasteiger partial charge in [-0.1, -0.05) is 26.0 Å². The molecule has 8 nitrogen and oxygen atoms in total. The molecule has 8 heteroatoms. The summed E-state index contributed by atoms with van der Waals surface area (Å²) in [5, 5.41) is 23.6. The summed E-state index contributed by atoms with van der Waals surface area (Å²) in [4.78, 5) is 25.5. The van der Waals surface area contributed by atoms with Gasteiger partial charge in [0.05, 0.1) is 29.8 Å². The number of fused-ring (bicyclic) bond motifs is 3. The Bertz CT molecular complexity index is 1240. The van der Waals surface area contributed by atoms with Crippen molar-refractivity contribution in [1.82, 2.24) is 24.8 Å². The van der Waals surface area contributed by atoms with Crippen LogP contribution in [0.3, 0.4) is 0 Å². The van der Waals surface area contributed by atoms with E-state index in [0.29, 0.717) is 38.1 Å². The molecular weight excluding hydrogens is 440 g/mol. The molecule has 1 fully saturated rings. The Morgan fingerprint density at radius 3 is 2.77 bits per heavy atom. The zero-order valence-corrected chi connectivity index (χ0v) is 20.8. The maximum atomic E-state index is 13.0. The molecule has 0 aliphatic heterocycles. The maximum absolute atomic E-state index is 13.0. The van der Waals surface area contributed by atoms with Crippen molar-refractivity contribution in [1.29, 1.82) is 5.26 Å². The first-order valence-electron chi connectivity index (χ1n) is 12.7. The lowest BCUT2D eigenvalue weighted by atomic mass is 9.84. The molecule has 0 radical (unpaired) electrons. The van der Waals surface area contributed by atoms with Crippen LogP contribution in [0.2, 0.25) is 0 Å². The van der Waals surface area contributed by atoms with E-state index >= 15 is 0 Å². The van der Waals surface area contributed by atoms with Crippen molar-refractivity contribution in [3.63, 3.8) is 0 Å². The number of carbonyl (C=O) groups excluding carboxylic acids is 1. The summed E-state index contributed by atoms with van der Waals surface area (Å²) in [5.74, 6) is 1.07. The van der Waals surface area contributed by atoms with Gasteiger partial charge in [0.2, 0.25) is 5.91 Å². The standard InChI is InChI=1S/C27H36N6O2/c1-4-27(35,5-2)15-18(3)16-30-24(34)14-23-32-22-17-31-26-21(11-13-29-26)25(22)33(23)20-8-6-19(7-9-20)10-12-28/h11,13,17,19-20,35H,3-10,14-16H2,1-2H3,(H,29,31)(H,30,34)/t19-,20-. The fourth-order valence-corrected chi connectivity index (χ4v) is 5.35. The summed E-state index contributed by atoms with van der Waals surface area (Å²) in [6, 6.07) is 4.56. The molecule has 4 rings (SSSR count). The zero-order chi connectivity index (χ0) is 25.0. The van der Waals surface area contributed by atoms with Crippen molar-refractivity contribution in [2.75, 3.05) is 6.54 Å². The summed E-state index contributed by atoms with van der Waals surface area (Å²) >= 11 is 0. The Morgan fingerprint density at radius 2 is 2.09 bits per heavy atom. The third-order valence-electron chi connectivity index (χ3n) is 7.62. The molecule has 3 aromatic rings. The van der Waals surface area contributed by atoms with Crippen LogP contribution in [0.4, 0.5) is 0 Å². The molecule has 0 atom stereocenters. The van der Waals surface area contributed by atoms with E-state index in [2.05, 4.69) is 32.5 Å². The highest BCUT2D eigenvalue weighted by atomic mass is 16.3. The van der Waals surface area contributed by atoms with Crippen LogP contribution in [-0.4, -0.2) is 42.7 Å². The van der Waals surface area contributed by atoms with Crippen LogP contribution in [0, 0.1) is 17.2 Å². The zero-order valence-electron chi connectivity index (χ0n) is 20.8. The van der Waals surface area contributed by atoms with E-state index < -0.39 is 5.60 Å². The number of hydrogen-bond donors (Lipinski definition) is 3. The minimum Gasteiger partial charge on any atom is -0.390 e. The lowest BCUT2D eigenvalue weighted by Crippen LogP contribution is -2.32. The minimum absolute atomic E-state index is 0.115. The molecule has 3 heterocycles. The second kappa shape index (κ2) is 10.6. The molecule has 1 aliphatic carbocycles. The average Bonchev–Trinajstić information content (AvgIpc) is 3.47. The molecule has 3 N–H and O–H groups in total. The number of carbonyl (C=O) groups is 1. The Balaban J connectivity index is 1.54. The summed E-state index contributed by atoms with van der Waals surface area (Å²) in [6.45, 7) is 8.32. The van der Waals surface area contributed by atoms with Gasteiger partial charge in [-0.05, 0) is 56.9 Å². The van der Waals surface area contributed by atoms with Gasteiger partial charge in [-0.3, -0.25) is 4.79 Å². The monoisotopic (exact) mass is 476 g/mol. The topological polar surface area (TPSA) is 120 Å². The van der Waals surface area contributed by atoms with Gasteiger partial charge in [-0.25, -0.2) is 9.97 Å². The quantitative estimate of drug-likeness (QED) is 0.366. The number of hydrogen-bond acceptors (Lipinski definition) is 5. The molecule has 3 aromatic heterocycles. The maximum Gasteiger partial charge on any atom is 0.227 e. The molecule has 1 aliphatic rings. The van der Waals surface area contributed by atoms with E-state index in [0.717, 1.165) is 59.1 Å². The molecule has 186 valence electrons. The number of nitrogens with zero attached hydrogens (tertiary/aromatic N) is 4. The number of aromatic amines is 1. The lowest BCUT2D eigenvalue weighted by Gasteiger charge is -2.30. The summed E-state index contributed by atoms with van der Waals surface area (Å²) in [5.41, 5.74) is 2.66. The number of aliphatic hydroxyl groups is 1. The number of amides is 1. The Morgan fingerprint density at radius 1 is 1.34 bits per heavy atom. The fourth-order valence-electron chi connectivity index (χ4n) is 5.35. The smallest absolute Gasteiger partial charge is 0.227 e. The molecule has 0 unspecified atom stereocenters. The molecular formula is C27H36N6O2. The van der Waals surface area contributed by atoms with E-state index in [1.807, 2.05) is 26.1 Å². The van der Waals surface area contributed by atoms with Crippen molar-refractivity contribution < 1.29 is 9.90 Å². The van der Waals surface area contributed by atoms with Gasteiger partial charge in [0.25, 0.3) is 0 Å². The predicted molar refractivity (Wildman–Crippen MR) is 137 cm³/mol. The minimum atomic E-state index is -0.769. The van der Waals surface area contributed by atoms with Gasteiger partial charge < -0.3 is 20.0 Å². The average molecular weight is 477 g/mol. The van der Waals surface area contributed by atoms with E-state index in [1.165, 1.54) is 0 Å². The molecule has 0 aromatic carbocycles. The molecule has 0 saturated heterocycles. The van der Waals surface area contributed by atoms with Crippen LogP contribution in [0.15, 0.2) is 30.6 Å². The van der Waals surface area contributed by atoms with Crippen molar-refractivity contribution in [2.45, 2.75) is 83.3 Å². The first kappa shape index (κ1) is 24.9. The van der Waals surface area contributed by atoms with Crippen molar-refractivity contribution in [2.24, 2.45) is 5.92 Å². The largest absolute Gasteiger partial charge is 0.390 e. The number of nitriles is 1. The van der Waals surface area contributed by atoms with Gasteiger partial charge in [0.1, 0.15) is 17.0 Å². The second-order valence-corrected chi connectivity index (χ2v) is 9.98. The number of aromatic nitrogens is 4. The third kappa shape index (κ3) is 5.40. The SMILES string of the molecule is C=C(CNC(=O)Cc1nc2cnc3[nH]ccc3c2n1[C@H]1CC[C@H](CC#N)CC1)CC(O)(CC)CC. The van der Waals surface area contributed by atoms with Gasteiger partial charge in [-0.15, -0.1) is 0 Å². The second-order valence-electron chi connectivity index (χ2n) is 9.98. The molecule has 35 heavy (non-hydrogen) atoms. The number of imidazole rings is 1. The van der Waals surface area contributed by atoms with E-state index in [-0.39, 0.29) is 18.4 Å². The summed E-state index contributed by atoms with van der Waals surface area (Å²) in [7, 11) is 0. The van der Waals surface area contributed by atoms with Crippen LogP contribution < -0.4 is 5.32 Å². The van der Waals surface area contributed by atoms with Crippen molar-refractivity contribution >= 4 is 28.0 Å². The first-order valence-corrected chi connectivity index (χ1v) is 12.7. The molecule has 1 saturated carbocycles. The van der Waals surface area contributed by atoms with Gasteiger partial charge in [-0.2, -0.15) is 5.26 Å². The van der Waals surface area contributed by atoms with Crippen molar-refractivity contribution in [3.05, 3.63) is 36.4 Å². The Hall–Kier alpha value is -3.18. The lowest BCUT2D eigenvalue weighted by molar-refractivity contribution is -0.120. The Kier molecular flexibility index (Phi) is 7.56. The van der Waals surface area contributed by atoms with E-state index in [4.69, 9.17) is 10.2 Å². The predicted octanol–water partition coefficient (Wildman–Crippen LogP) is 4.71. The highest BCUT2D eigenvalue weighted by Gasteiger charge is 2.28. The van der Waals surface area contributed by atoms with E-state index in [9.17, 15) is 9.90 Å². The number of nitrogens with one attached hydrogen (secondary N) is 2. The Labute approximate surface area is 206 Å². The van der Waals surface area contributed by atoms with Gasteiger partial charge in [0, 0.05) is 30.6 Å². The van der Waals surface area contributed by atoms with Crippen LogP contribution >= 0.6 is 0 Å². The normalized spacial score (nSPS) is 18.6. The third-order valence-corrected chi connectivity index (χ3v) is 7.62. The highest BCUT2D eigenvalue weighted by Crippen LogP contribution is 2.38. The highest BCUT2D eigenvalue weighted by molar-refractivity contribution is 6.01. The number of rotatable bonds is 10. The van der Waals surface area contributed by atoms with Crippen LogP contribution in [-0.2, 0) is 11.2 Å². The number of pyridine rings is 1. The van der Waals surface area contributed by atoms with Crippen LogP contribution in [0.5, 0.6) is 0 Å². The summed E-state index contributed by atoms with van der Waals surface area (Å²) < 4.78 is 2.25. The number of H-pyrrole nitrogens is 1. The van der Waals surface area contributed by atoms with Crippen LogP contribution in [0.1, 0.15) is 77.1 Å². The first-order chi connectivity index (χ1) is 16.9. The van der Waals surface area contributed by atoms with E-state index in [1.54, 1.807) is 6.20 Å². The summed E-state index contributed by atoms with van der Waals surface area (Å²) in [6.07, 6.45) is 10.1. The van der Waals surface area contributed by atoms with Gasteiger partial charge in [0.15, 0.2) is 0 Å². The van der Waals surface area contributed by atoms with Crippen LogP contribution in [0.25, 0.3) is 22.1 Å². The molecule has 1 amide bonds. The molecule has 0 spiro atoms. The van der Waals surface area contributed by atoms with Gasteiger partial charge >= 0.3 is 0 Å². The fraction of sp³-hybridized carbons (Fsp3) is 0.556. The van der Waals surface area contributed by atoms with Crippen molar-refractivity contribution in [3.8, 4) is 6.07 Å².